The molecule has 0 spiro atoms. The average molecular weight is 306 g/mol. The average Bonchev–Trinajstić information content (AvgIpc) is 2.54. The summed E-state index contributed by atoms with van der Waals surface area (Å²) in [6.07, 6.45) is 0. The predicted molar refractivity (Wildman–Crippen MR) is 88.8 cm³/mol. The molecule has 0 amide bonds. The highest BCUT2D eigenvalue weighted by Crippen LogP contribution is 2.14. The van der Waals surface area contributed by atoms with Crippen LogP contribution in [0.25, 0.3) is 10.9 Å². The summed E-state index contributed by atoms with van der Waals surface area (Å²) in [5, 5.41) is 0.543. The zero-order valence-corrected chi connectivity index (χ0v) is 12.9. The van der Waals surface area contributed by atoms with E-state index in [0.29, 0.717) is 16.7 Å². The molecule has 4 heteroatoms. The largest absolute Gasteiger partial charge is 0.310 e. The minimum absolute atomic E-state index is 0.140. The van der Waals surface area contributed by atoms with Crippen LogP contribution in [0.4, 0.5) is 4.39 Å². The molecule has 0 bridgehead atoms. The molecule has 2 aromatic carbocycles. The van der Waals surface area contributed by atoms with Crippen LogP contribution in [0.15, 0.2) is 47.3 Å². The van der Waals surface area contributed by atoms with Gasteiger partial charge in [0.2, 0.25) is 0 Å². The molecule has 3 aromatic rings. The maximum atomic E-state index is 12.9. The van der Waals surface area contributed by atoms with Gasteiger partial charge >= 0.3 is 0 Å². The van der Waals surface area contributed by atoms with Crippen LogP contribution >= 0.6 is 0 Å². The van der Waals surface area contributed by atoms with Crippen molar-refractivity contribution in [3.8, 4) is 11.8 Å². The van der Waals surface area contributed by atoms with Crippen LogP contribution in [0.2, 0.25) is 0 Å². The standard InChI is InChI=1S/C19H15FN2O/c1-12(2)18-21-17-11-14(7-10-16(17)19(23)22-18)4-3-13-5-8-15(20)9-6-13/h5-12H,1-2H3,(H,21,22,23). The maximum absolute atomic E-state index is 12.9. The molecule has 1 aromatic heterocycles. The first kappa shape index (κ1) is 15.0. The first-order valence-electron chi connectivity index (χ1n) is 7.34. The van der Waals surface area contributed by atoms with Crippen molar-refractivity contribution in [1.82, 2.24) is 9.97 Å². The molecule has 1 N–H and O–H groups in total. The first-order chi connectivity index (χ1) is 11.0. The van der Waals surface area contributed by atoms with E-state index in [-0.39, 0.29) is 17.3 Å². The summed E-state index contributed by atoms with van der Waals surface area (Å²) in [5.41, 5.74) is 1.97. The van der Waals surface area contributed by atoms with Crippen LogP contribution in [-0.4, -0.2) is 9.97 Å². The van der Waals surface area contributed by atoms with Crippen LogP contribution in [0, 0.1) is 17.7 Å². The zero-order chi connectivity index (χ0) is 16.4. The molecular formula is C19H15FN2O. The molecule has 23 heavy (non-hydrogen) atoms. The Labute approximate surface area is 133 Å². The van der Waals surface area contributed by atoms with E-state index in [1.165, 1.54) is 12.1 Å². The number of hydrogen-bond donors (Lipinski definition) is 1. The summed E-state index contributed by atoms with van der Waals surface area (Å²) in [6, 6.07) is 11.3. The van der Waals surface area contributed by atoms with Gasteiger partial charge in [-0.2, -0.15) is 0 Å². The minimum Gasteiger partial charge on any atom is -0.310 e. The Balaban J connectivity index is 2.03. The molecule has 0 atom stereocenters. The van der Waals surface area contributed by atoms with E-state index in [1.54, 1.807) is 30.3 Å². The van der Waals surface area contributed by atoms with Crippen LogP contribution < -0.4 is 5.56 Å². The fraction of sp³-hybridized carbons (Fsp3) is 0.158. The van der Waals surface area contributed by atoms with Gasteiger partial charge in [0.1, 0.15) is 11.6 Å². The van der Waals surface area contributed by atoms with E-state index < -0.39 is 0 Å². The van der Waals surface area contributed by atoms with Crippen LogP contribution in [0.5, 0.6) is 0 Å². The molecular weight excluding hydrogens is 291 g/mol. The van der Waals surface area contributed by atoms with Gasteiger partial charge in [0.05, 0.1) is 10.9 Å². The quantitative estimate of drug-likeness (QED) is 0.698. The maximum Gasteiger partial charge on any atom is 0.258 e. The van der Waals surface area contributed by atoms with Crippen molar-refractivity contribution in [3.63, 3.8) is 0 Å². The van der Waals surface area contributed by atoms with Crippen molar-refractivity contribution >= 4 is 10.9 Å². The van der Waals surface area contributed by atoms with Gasteiger partial charge in [-0.05, 0) is 42.5 Å². The molecule has 0 saturated carbocycles. The summed E-state index contributed by atoms with van der Waals surface area (Å²) < 4.78 is 12.9. The second-order valence-electron chi connectivity index (χ2n) is 5.59. The third-order valence-corrected chi connectivity index (χ3v) is 3.47. The lowest BCUT2D eigenvalue weighted by Crippen LogP contribution is -2.12. The lowest BCUT2D eigenvalue weighted by atomic mass is 10.1. The number of aromatic nitrogens is 2. The summed E-state index contributed by atoms with van der Waals surface area (Å²) in [4.78, 5) is 19.3. The Bertz CT molecular complexity index is 976. The van der Waals surface area contributed by atoms with Crippen LogP contribution in [-0.2, 0) is 0 Å². The summed E-state index contributed by atoms with van der Waals surface area (Å²) >= 11 is 0. The Morgan fingerprint density at radius 2 is 1.70 bits per heavy atom. The van der Waals surface area contributed by atoms with Crippen molar-refractivity contribution in [1.29, 1.82) is 0 Å². The Morgan fingerprint density at radius 1 is 1.04 bits per heavy atom. The van der Waals surface area contributed by atoms with Crippen LogP contribution in [0.3, 0.4) is 0 Å². The predicted octanol–water partition coefficient (Wildman–Crippen LogP) is 3.59. The fourth-order valence-corrected chi connectivity index (χ4v) is 2.19. The van der Waals surface area contributed by atoms with Gasteiger partial charge in [-0.3, -0.25) is 4.79 Å². The lowest BCUT2D eigenvalue weighted by Gasteiger charge is -2.05. The third kappa shape index (κ3) is 3.29. The molecule has 0 radical (unpaired) electrons. The first-order valence-corrected chi connectivity index (χ1v) is 7.34. The van der Waals surface area contributed by atoms with Gasteiger partial charge in [0, 0.05) is 17.0 Å². The molecule has 0 fully saturated rings. The summed E-state index contributed by atoms with van der Waals surface area (Å²) in [6.45, 7) is 3.95. The Kier molecular flexibility index (Phi) is 3.94. The number of benzene rings is 2. The van der Waals surface area contributed by atoms with Gasteiger partial charge in [-0.1, -0.05) is 25.7 Å². The molecule has 114 valence electrons. The van der Waals surface area contributed by atoms with Gasteiger partial charge in [-0.25, -0.2) is 9.37 Å². The number of hydrogen-bond acceptors (Lipinski definition) is 2. The number of fused-ring (bicyclic) bond motifs is 1. The molecule has 3 nitrogen and oxygen atoms in total. The van der Waals surface area contributed by atoms with E-state index in [2.05, 4.69) is 21.8 Å². The Morgan fingerprint density at radius 3 is 2.39 bits per heavy atom. The lowest BCUT2D eigenvalue weighted by molar-refractivity contribution is 0.627. The normalized spacial score (nSPS) is 10.6. The van der Waals surface area contributed by atoms with Gasteiger partial charge < -0.3 is 4.98 Å². The van der Waals surface area contributed by atoms with Crippen molar-refractivity contribution in [2.75, 3.05) is 0 Å². The van der Waals surface area contributed by atoms with Gasteiger partial charge in [0.25, 0.3) is 5.56 Å². The second kappa shape index (κ2) is 6.05. The van der Waals surface area contributed by atoms with E-state index >= 15 is 0 Å². The highest BCUT2D eigenvalue weighted by molar-refractivity contribution is 5.79. The van der Waals surface area contributed by atoms with E-state index in [4.69, 9.17) is 0 Å². The Hall–Kier alpha value is -2.93. The smallest absolute Gasteiger partial charge is 0.258 e. The van der Waals surface area contributed by atoms with Crippen molar-refractivity contribution in [2.45, 2.75) is 19.8 Å². The van der Waals surface area contributed by atoms with Crippen molar-refractivity contribution < 1.29 is 4.39 Å². The number of rotatable bonds is 1. The number of halogens is 1. The highest BCUT2D eigenvalue weighted by atomic mass is 19.1. The van der Waals surface area contributed by atoms with Crippen LogP contribution in [0.1, 0.15) is 36.7 Å². The molecule has 0 saturated heterocycles. The zero-order valence-electron chi connectivity index (χ0n) is 12.9. The van der Waals surface area contributed by atoms with E-state index in [0.717, 1.165) is 11.1 Å². The number of nitrogens with zero attached hydrogens (tertiary/aromatic N) is 1. The number of H-pyrrole nitrogens is 1. The highest BCUT2D eigenvalue weighted by Gasteiger charge is 2.07. The van der Waals surface area contributed by atoms with Gasteiger partial charge in [-0.15, -0.1) is 0 Å². The molecule has 0 aliphatic rings. The molecule has 1 heterocycles. The van der Waals surface area contributed by atoms with Crippen molar-refractivity contribution in [2.24, 2.45) is 0 Å². The summed E-state index contributed by atoms with van der Waals surface area (Å²) in [5.74, 6) is 6.50. The minimum atomic E-state index is -0.286. The number of aromatic amines is 1. The van der Waals surface area contributed by atoms with Crippen molar-refractivity contribution in [3.05, 3.63) is 75.6 Å². The topological polar surface area (TPSA) is 45.8 Å². The second-order valence-corrected chi connectivity index (χ2v) is 5.59. The van der Waals surface area contributed by atoms with E-state index in [9.17, 15) is 9.18 Å². The summed E-state index contributed by atoms with van der Waals surface area (Å²) in [7, 11) is 0. The molecule has 3 rings (SSSR count). The SMILES string of the molecule is CC(C)c1nc2cc(C#Cc3ccc(F)cc3)ccc2c(=O)[nH]1. The molecule has 0 unspecified atom stereocenters. The number of nitrogens with one attached hydrogen (secondary N) is 1. The molecule has 0 aliphatic heterocycles. The fourth-order valence-electron chi connectivity index (χ4n) is 2.19. The van der Waals surface area contributed by atoms with E-state index in [1.807, 2.05) is 13.8 Å². The monoisotopic (exact) mass is 306 g/mol. The molecule has 0 aliphatic carbocycles. The third-order valence-electron chi connectivity index (χ3n) is 3.47. The van der Waals surface area contributed by atoms with Gasteiger partial charge in [0.15, 0.2) is 0 Å².